The summed E-state index contributed by atoms with van der Waals surface area (Å²) in [6.07, 6.45) is 0.675. The van der Waals surface area contributed by atoms with Gasteiger partial charge >= 0.3 is 0 Å². The van der Waals surface area contributed by atoms with Crippen LogP contribution >= 0.6 is 23.2 Å². The minimum Gasteiger partial charge on any atom is -0.354 e. The zero-order chi connectivity index (χ0) is 21.4. The van der Waals surface area contributed by atoms with Crippen molar-refractivity contribution in [3.05, 3.63) is 69.7 Å². The number of nitrogens with zero attached hydrogens (tertiary/aromatic N) is 1. The summed E-state index contributed by atoms with van der Waals surface area (Å²) < 4.78 is 0. The second-order valence-corrected chi connectivity index (χ2v) is 8.33. The number of benzene rings is 2. The van der Waals surface area contributed by atoms with Crippen molar-refractivity contribution in [3.63, 3.8) is 0 Å². The Morgan fingerprint density at radius 1 is 1.07 bits per heavy atom. The van der Waals surface area contributed by atoms with E-state index in [0.717, 1.165) is 11.1 Å². The third-order valence-corrected chi connectivity index (χ3v) is 5.22. The van der Waals surface area contributed by atoms with Gasteiger partial charge in [0.25, 0.3) is 0 Å². The van der Waals surface area contributed by atoms with Crippen molar-refractivity contribution >= 4 is 35.0 Å². The van der Waals surface area contributed by atoms with Crippen LogP contribution in [0.4, 0.5) is 0 Å². The maximum absolute atomic E-state index is 13.2. The number of hydrogen-bond acceptors (Lipinski definition) is 2. The Morgan fingerprint density at radius 2 is 1.79 bits per heavy atom. The first-order valence-corrected chi connectivity index (χ1v) is 10.6. The van der Waals surface area contributed by atoms with E-state index in [1.807, 2.05) is 51.1 Å². The Hall–Kier alpha value is -2.04. The molecule has 0 aliphatic heterocycles. The zero-order valence-corrected chi connectivity index (χ0v) is 18.6. The molecule has 2 amide bonds. The van der Waals surface area contributed by atoms with Gasteiger partial charge in [-0.15, -0.1) is 0 Å². The molecular weight excluding hydrogens is 407 g/mol. The van der Waals surface area contributed by atoms with E-state index in [4.69, 9.17) is 23.2 Å². The van der Waals surface area contributed by atoms with E-state index in [0.29, 0.717) is 28.9 Å². The number of halogens is 2. The molecule has 0 heterocycles. The third kappa shape index (κ3) is 7.06. The number of carbonyl (C=O) groups is 2. The molecule has 0 radical (unpaired) electrons. The first kappa shape index (κ1) is 23.2. The van der Waals surface area contributed by atoms with Crippen LogP contribution < -0.4 is 5.32 Å². The summed E-state index contributed by atoms with van der Waals surface area (Å²) in [7, 11) is 0. The van der Waals surface area contributed by atoms with Crippen molar-refractivity contribution in [3.8, 4) is 0 Å². The van der Waals surface area contributed by atoms with Crippen LogP contribution in [-0.2, 0) is 22.6 Å². The average Bonchev–Trinajstić information content (AvgIpc) is 2.67. The molecule has 0 aromatic heterocycles. The van der Waals surface area contributed by atoms with E-state index < -0.39 is 6.04 Å². The van der Waals surface area contributed by atoms with Crippen LogP contribution in [0.25, 0.3) is 0 Å². The van der Waals surface area contributed by atoms with Crippen molar-refractivity contribution in [2.45, 2.75) is 46.2 Å². The SMILES string of the molecule is CC[C@H](C(=O)NCC(C)C)N(Cc1ccccc1Cl)C(=O)Cc1cccc(Cl)c1. The first-order chi connectivity index (χ1) is 13.8. The summed E-state index contributed by atoms with van der Waals surface area (Å²) in [4.78, 5) is 27.7. The molecule has 0 saturated carbocycles. The molecular formula is C23H28Cl2N2O2. The maximum Gasteiger partial charge on any atom is 0.242 e. The molecule has 0 fully saturated rings. The predicted molar refractivity (Wildman–Crippen MR) is 119 cm³/mol. The minimum atomic E-state index is -0.572. The highest BCUT2D eigenvalue weighted by Gasteiger charge is 2.29. The second-order valence-electron chi connectivity index (χ2n) is 7.48. The number of nitrogens with one attached hydrogen (secondary N) is 1. The fraction of sp³-hybridized carbons (Fsp3) is 0.391. The van der Waals surface area contributed by atoms with Gasteiger partial charge in [0.2, 0.25) is 11.8 Å². The highest BCUT2D eigenvalue weighted by Crippen LogP contribution is 2.21. The van der Waals surface area contributed by atoms with Gasteiger partial charge in [0.1, 0.15) is 6.04 Å². The third-order valence-electron chi connectivity index (χ3n) is 4.61. The molecule has 2 aromatic carbocycles. The van der Waals surface area contributed by atoms with Gasteiger partial charge < -0.3 is 10.2 Å². The maximum atomic E-state index is 13.2. The first-order valence-electron chi connectivity index (χ1n) is 9.86. The van der Waals surface area contributed by atoms with Crippen LogP contribution in [0.3, 0.4) is 0 Å². The lowest BCUT2D eigenvalue weighted by atomic mass is 10.1. The van der Waals surface area contributed by atoms with Gasteiger partial charge in [-0.05, 0) is 41.7 Å². The van der Waals surface area contributed by atoms with E-state index >= 15 is 0 Å². The van der Waals surface area contributed by atoms with Gasteiger partial charge in [0, 0.05) is 23.1 Å². The van der Waals surface area contributed by atoms with Gasteiger partial charge in [-0.2, -0.15) is 0 Å². The minimum absolute atomic E-state index is 0.140. The lowest BCUT2D eigenvalue weighted by Gasteiger charge is -2.31. The Labute approximate surface area is 183 Å². The number of rotatable bonds is 9. The van der Waals surface area contributed by atoms with Crippen LogP contribution in [0.5, 0.6) is 0 Å². The summed E-state index contributed by atoms with van der Waals surface area (Å²) in [5.41, 5.74) is 1.62. The average molecular weight is 435 g/mol. The normalized spacial score (nSPS) is 11.9. The van der Waals surface area contributed by atoms with Crippen molar-refractivity contribution in [1.29, 1.82) is 0 Å². The number of hydrogen-bond donors (Lipinski definition) is 1. The summed E-state index contributed by atoms with van der Waals surface area (Å²) in [5.74, 6) is 0.0436. The van der Waals surface area contributed by atoms with Crippen LogP contribution in [-0.4, -0.2) is 29.3 Å². The van der Waals surface area contributed by atoms with Gasteiger partial charge in [-0.1, -0.05) is 74.3 Å². The standard InChI is InChI=1S/C23H28Cl2N2O2/c1-4-21(23(29)26-14-16(2)3)27(15-18-9-5-6-11-20(18)25)22(28)13-17-8-7-10-19(24)12-17/h5-12,16,21H,4,13-15H2,1-3H3,(H,26,29)/t21-/m1/s1. The van der Waals surface area contributed by atoms with Crippen molar-refractivity contribution in [2.24, 2.45) is 5.92 Å². The summed E-state index contributed by atoms with van der Waals surface area (Å²) in [5, 5.41) is 4.11. The fourth-order valence-corrected chi connectivity index (χ4v) is 3.48. The van der Waals surface area contributed by atoms with Crippen LogP contribution in [0.1, 0.15) is 38.3 Å². The molecule has 0 aliphatic carbocycles. The van der Waals surface area contributed by atoms with Gasteiger partial charge in [0.15, 0.2) is 0 Å². The Morgan fingerprint density at radius 3 is 2.41 bits per heavy atom. The quantitative estimate of drug-likeness (QED) is 0.595. The van der Waals surface area contributed by atoms with Gasteiger partial charge in [-0.25, -0.2) is 0 Å². The summed E-state index contributed by atoms with van der Waals surface area (Å²) in [6.45, 7) is 6.82. The van der Waals surface area contributed by atoms with Gasteiger partial charge in [-0.3, -0.25) is 9.59 Å². The van der Waals surface area contributed by atoms with E-state index in [1.54, 1.807) is 23.1 Å². The molecule has 4 nitrogen and oxygen atoms in total. The Kier molecular flexibility index (Phi) is 8.99. The van der Waals surface area contributed by atoms with Crippen LogP contribution in [0, 0.1) is 5.92 Å². The molecule has 6 heteroatoms. The van der Waals surface area contributed by atoms with E-state index in [1.165, 1.54) is 0 Å². The molecule has 1 atom stereocenters. The molecule has 0 unspecified atom stereocenters. The second kappa shape index (κ2) is 11.2. The Bertz CT molecular complexity index is 839. The number of carbonyl (C=O) groups excluding carboxylic acids is 2. The summed E-state index contributed by atoms with van der Waals surface area (Å²) >= 11 is 12.4. The molecule has 0 bridgehead atoms. The molecule has 0 aliphatic rings. The molecule has 156 valence electrons. The summed E-state index contributed by atoms with van der Waals surface area (Å²) in [6, 6.07) is 14.0. The molecule has 2 rings (SSSR count). The predicted octanol–water partition coefficient (Wildman–Crippen LogP) is 5.12. The lowest BCUT2D eigenvalue weighted by molar-refractivity contribution is -0.141. The smallest absolute Gasteiger partial charge is 0.242 e. The monoisotopic (exact) mass is 434 g/mol. The molecule has 0 saturated heterocycles. The molecule has 1 N–H and O–H groups in total. The Balaban J connectivity index is 2.29. The number of amides is 2. The molecule has 0 spiro atoms. The lowest BCUT2D eigenvalue weighted by Crippen LogP contribution is -2.50. The van der Waals surface area contributed by atoms with Crippen molar-refractivity contribution in [2.75, 3.05) is 6.54 Å². The highest BCUT2D eigenvalue weighted by atomic mass is 35.5. The van der Waals surface area contributed by atoms with Crippen molar-refractivity contribution in [1.82, 2.24) is 10.2 Å². The van der Waals surface area contributed by atoms with Crippen LogP contribution in [0.15, 0.2) is 48.5 Å². The van der Waals surface area contributed by atoms with E-state index in [2.05, 4.69) is 5.32 Å². The largest absolute Gasteiger partial charge is 0.354 e. The topological polar surface area (TPSA) is 49.4 Å². The zero-order valence-electron chi connectivity index (χ0n) is 17.1. The van der Waals surface area contributed by atoms with E-state index in [9.17, 15) is 9.59 Å². The van der Waals surface area contributed by atoms with Gasteiger partial charge in [0.05, 0.1) is 6.42 Å². The fourth-order valence-electron chi connectivity index (χ4n) is 3.08. The molecule has 29 heavy (non-hydrogen) atoms. The van der Waals surface area contributed by atoms with E-state index in [-0.39, 0.29) is 24.8 Å². The molecule has 2 aromatic rings. The van der Waals surface area contributed by atoms with Crippen molar-refractivity contribution < 1.29 is 9.59 Å². The highest BCUT2D eigenvalue weighted by molar-refractivity contribution is 6.31. The van der Waals surface area contributed by atoms with Crippen LogP contribution in [0.2, 0.25) is 10.0 Å².